The van der Waals surface area contributed by atoms with Crippen molar-refractivity contribution in [1.82, 2.24) is 0 Å². The maximum atomic E-state index is 13.8. The van der Waals surface area contributed by atoms with Crippen molar-refractivity contribution < 1.29 is 83.3 Å². The molecule has 0 aliphatic carbocycles. The number of alkyl halides is 3. The Morgan fingerprint density at radius 1 is 0.800 bits per heavy atom. The van der Waals surface area contributed by atoms with Gasteiger partial charge in [0.2, 0.25) is 0 Å². The first-order valence-corrected chi connectivity index (χ1v) is 17.3. The molecule has 4 rings (SSSR count). The van der Waals surface area contributed by atoms with Gasteiger partial charge in [-0.3, -0.25) is 0 Å². The van der Waals surface area contributed by atoms with Crippen molar-refractivity contribution in [3.8, 4) is 0 Å². The average molecular weight is 748 g/mol. The molecule has 4 aromatic rings. The number of thiophene rings is 1. The molecule has 4 nitrogen and oxygen atoms in total. The van der Waals surface area contributed by atoms with Crippen LogP contribution in [0.25, 0.3) is 5.76 Å². The van der Waals surface area contributed by atoms with Gasteiger partial charge in [-0.2, -0.15) is 13.2 Å². The Hall–Kier alpha value is -1.31. The molecule has 11 heteroatoms. The minimum atomic E-state index is -4.94. The van der Waals surface area contributed by atoms with Gasteiger partial charge in [0.15, 0.2) is 13.2 Å². The number of benzene rings is 3. The fraction of sp³-hybridized carbons (Fsp3) is 0.172. The van der Waals surface area contributed by atoms with Gasteiger partial charge in [0.25, 0.3) is 0 Å². The first-order valence-electron chi connectivity index (χ1n) is 12.1. The molecule has 0 fully saturated rings. The fourth-order valence-corrected chi connectivity index (χ4v) is 6.36. The molecule has 0 amide bonds. The predicted octanol–water partition coefficient (Wildman–Crippen LogP) is 7.14. The molecule has 0 saturated carbocycles. The molecule has 40 heavy (non-hydrogen) atoms. The third kappa shape index (κ3) is 12.3. The molecule has 0 spiro atoms. The van der Waals surface area contributed by atoms with E-state index in [4.69, 9.17) is 6.48 Å². The summed E-state index contributed by atoms with van der Waals surface area (Å²) in [5, 5.41) is 22.1. The van der Waals surface area contributed by atoms with Crippen LogP contribution in [0.15, 0.2) is 115 Å². The Bertz CT molecular complexity index is 1340. The molecule has 1 aromatic heterocycles. The van der Waals surface area contributed by atoms with Crippen LogP contribution in [0.4, 0.5) is 13.2 Å². The Labute approximate surface area is 279 Å². The van der Waals surface area contributed by atoms with Gasteiger partial charge >= 0.3 is 6.18 Å². The van der Waals surface area contributed by atoms with E-state index in [1.54, 1.807) is 25.4 Å². The topological polar surface area (TPSA) is 74.6 Å². The molecule has 0 saturated heterocycles. The van der Waals surface area contributed by atoms with E-state index < -0.39 is 38.4 Å². The van der Waals surface area contributed by atoms with Gasteiger partial charge in [-0.05, 0) is 37.5 Å². The van der Waals surface area contributed by atoms with Crippen LogP contribution in [0.3, 0.4) is 0 Å². The van der Waals surface area contributed by atoms with E-state index in [-0.39, 0.29) is 54.3 Å². The second kappa shape index (κ2) is 17.0. The minimum Gasteiger partial charge on any atom is -0.507 e. The normalized spacial score (nSPS) is 13.1. The Kier molecular flexibility index (Phi) is 14.8. The van der Waals surface area contributed by atoms with Gasteiger partial charge in [0.05, 0.1) is 13.4 Å². The van der Waals surface area contributed by atoms with Crippen molar-refractivity contribution in [2.24, 2.45) is 0 Å². The molecular weight excluding hydrogens is 715 g/mol. The molecule has 1 heterocycles. The third-order valence-corrected chi connectivity index (χ3v) is 8.65. The standard InChI is InChI=1S/C18H15OP.C8H7F3O2S.C3H9OP.Eu/c19-20(16-10-4-1-5-11-16,17-12-6-2-7-13-17)18-14-8-3-9-15-18;9-8(10,11)7(13)4-5(12)6-2-1-3-14-6;1-5(2,3)4;/h1-15H;1-4,7,12-13H;1-3H3;/i;4D;;. The maximum absolute atomic E-state index is 13.8. The van der Waals surface area contributed by atoms with E-state index >= 15 is 0 Å². The van der Waals surface area contributed by atoms with Crippen molar-refractivity contribution in [3.05, 3.63) is 119 Å². The van der Waals surface area contributed by atoms with Gasteiger partial charge in [-0.15, -0.1) is 11.3 Å². The first-order chi connectivity index (χ1) is 18.7. The van der Waals surface area contributed by atoms with Gasteiger partial charge in [-0.25, -0.2) is 0 Å². The molecule has 2 N–H and O–H groups in total. The van der Waals surface area contributed by atoms with Crippen molar-refractivity contribution in [3.63, 3.8) is 0 Å². The zero-order valence-corrected chi connectivity index (χ0v) is 27.0. The first kappa shape index (κ1) is 34.9. The third-order valence-electron chi connectivity index (χ3n) is 4.70. The Morgan fingerprint density at radius 3 is 1.43 bits per heavy atom. The zero-order valence-electron chi connectivity index (χ0n) is 23.0. The SMILES string of the molecule is CP(C)(C)=O.O=P(c1ccccc1)(c1ccccc1)c1ccccc1.[2H]C(=C(O)c1cccs1)C(O)C(F)(F)F.[Eu]. The Morgan fingerprint density at radius 2 is 1.15 bits per heavy atom. The molecule has 1 unspecified atom stereocenters. The van der Waals surface area contributed by atoms with Crippen LogP contribution in [0.2, 0.25) is 0 Å². The smallest absolute Gasteiger partial charge is 0.418 e. The van der Waals surface area contributed by atoms with Crippen LogP contribution in [0.5, 0.6) is 0 Å². The van der Waals surface area contributed by atoms with Gasteiger partial charge < -0.3 is 19.3 Å². The van der Waals surface area contributed by atoms with E-state index in [1.807, 2.05) is 91.0 Å². The van der Waals surface area contributed by atoms with E-state index in [0.717, 1.165) is 27.3 Å². The van der Waals surface area contributed by atoms with Gasteiger partial charge in [-0.1, -0.05) is 97.1 Å². The fourth-order valence-electron chi connectivity index (χ4n) is 3.06. The zero-order chi connectivity index (χ0) is 30.0. The number of aliphatic hydroxyl groups is 2. The summed E-state index contributed by atoms with van der Waals surface area (Å²) in [6.45, 7) is 5.23. The molecule has 215 valence electrons. The molecule has 1 radical (unpaired) electrons. The van der Waals surface area contributed by atoms with E-state index in [2.05, 4.69) is 0 Å². The van der Waals surface area contributed by atoms with Crippen LogP contribution in [0, 0.1) is 49.4 Å². The summed E-state index contributed by atoms with van der Waals surface area (Å²) in [5.41, 5.74) is 0. The van der Waals surface area contributed by atoms with Crippen LogP contribution < -0.4 is 15.9 Å². The molecular formula is C29H31EuF3O4P2S. The summed E-state index contributed by atoms with van der Waals surface area (Å²) >= 11 is 0.981. The second-order valence-electron chi connectivity index (χ2n) is 8.92. The summed E-state index contributed by atoms with van der Waals surface area (Å²) in [7, 11) is -4.42. The maximum Gasteiger partial charge on any atom is 0.418 e. The molecule has 0 aliphatic heterocycles. The number of hydrogen-bond donors (Lipinski definition) is 2. The molecule has 0 bridgehead atoms. The second-order valence-corrected chi connectivity index (χ2v) is 16.4. The summed E-state index contributed by atoms with van der Waals surface area (Å²) < 4.78 is 67.0. The van der Waals surface area contributed by atoms with Crippen molar-refractivity contribution in [1.29, 1.82) is 0 Å². The number of aliphatic hydroxyl groups excluding tert-OH is 2. The monoisotopic (exact) mass is 748 g/mol. The van der Waals surface area contributed by atoms with Crippen LogP contribution >= 0.6 is 25.6 Å². The summed E-state index contributed by atoms with van der Waals surface area (Å²) in [5.74, 6) is -0.852. The average Bonchev–Trinajstić information content (AvgIpc) is 3.47. The Balaban J connectivity index is 0.000000356. The van der Waals surface area contributed by atoms with Gasteiger partial charge in [0.1, 0.15) is 5.76 Å². The molecule has 3 aromatic carbocycles. The van der Waals surface area contributed by atoms with Crippen molar-refractivity contribution in [2.75, 3.05) is 20.0 Å². The minimum absolute atomic E-state index is 0. The largest absolute Gasteiger partial charge is 0.507 e. The molecule has 0 aliphatic rings. The number of hydrogen-bond acceptors (Lipinski definition) is 5. The van der Waals surface area contributed by atoms with Crippen molar-refractivity contribution in [2.45, 2.75) is 12.3 Å². The number of rotatable bonds is 5. The van der Waals surface area contributed by atoms with Gasteiger partial charge in [0, 0.05) is 65.3 Å². The summed E-state index contributed by atoms with van der Waals surface area (Å²) in [4.78, 5) is 0.114. The number of halogens is 3. The summed E-state index contributed by atoms with van der Waals surface area (Å²) in [6, 6.07) is 30.8. The van der Waals surface area contributed by atoms with Crippen LogP contribution in [0.1, 0.15) is 6.25 Å². The van der Waals surface area contributed by atoms with Crippen molar-refractivity contribution >= 4 is 47.3 Å². The quantitative estimate of drug-likeness (QED) is 0.168. The van der Waals surface area contributed by atoms with E-state index in [1.165, 1.54) is 12.1 Å². The van der Waals surface area contributed by atoms with E-state index in [0.29, 0.717) is 0 Å². The van der Waals surface area contributed by atoms with Crippen LogP contribution in [-0.2, 0) is 9.13 Å². The van der Waals surface area contributed by atoms with E-state index in [9.17, 15) is 27.4 Å². The summed E-state index contributed by atoms with van der Waals surface area (Å²) in [6.07, 6.45) is -7.90. The molecule has 1 atom stereocenters. The van der Waals surface area contributed by atoms with Crippen LogP contribution in [-0.4, -0.2) is 42.5 Å². The predicted molar refractivity (Wildman–Crippen MR) is 158 cm³/mol.